The molecule has 0 fully saturated rings. The lowest BCUT2D eigenvalue weighted by molar-refractivity contribution is 0.826. The van der Waals surface area contributed by atoms with Crippen molar-refractivity contribution in [1.82, 2.24) is 9.55 Å². The Kier molecular flexibility index (Phi) is 3.83. The van der Waals surface area contributed by atoms with Crippen LogP contribution in [0, 0.1) is 0 Å². The molecule has 3 aromatic rings. The second-order valence-electron chi connectivity index (χ2n) is 4.35. The summed E-state index contributed by atoms with van der Waals surface area (Å²) in [5, 5.41) is 2.01. The van der Waals surface area contributed by atoms with Crippen LogP contribution in [0.1, 0.15) is 5.56 Å². The Morgan fingerprint density at radius 1 is 0.950 bits per heavy atom. The molecule has 2 nitrogen and oxygen atoms in total. The van der Waals surface area contributed by atoms with Gasteiger partial charge in [0.25, 0.3) is 0 Å². The van der Waals surface area contributed by atoms with Crippen molar-refractivity contribution in [3.8, 4) is 0 Å². The minimum absolute atomic E-state index is 0.387. The molecule has 0 atom stereocenters. The van der Waals surface area contributed by atoms with Crippen LogP contribution in [-0.2, 0) is 6.54 Å². The fourth-order valence-corrected chi connectivity index (χ4v) is 2.83. The highest BCUT2D eigenvalue weighted by Crippen LogP contribution is 2.30. The smallest absolute Gasteiger partial charge is 0.204 e. The first-order chi connectivity index (χ1) is 9.54. The van der Waals surface area contributed by atoms with Gasteiger partial charge in [-0.1, -0.05) is 46.9 Å². The Morgan fingerprint density at radius 3 is 2.45 bits per heavy atom. The van der Waals surface area contributed by atoms with Crippen LogP contribution in [-0.4, -0.2) is 9.55 Å². The lowest BCUT2D eigenvalue weighted by Crippen LogP contribution is -1.99. The monoisotopic (exact) mass is 344 g/mol. The Hall–Kier alpha value is -0.930. The quantitative estimate of drug-likeness (QED) is 0.582. The number of hydrogen-bond donors (Lipinski definition) is 0. The van der Waals surface area contributed by atoms with Crippen LogP contribution in [0.3, 0.4) is 0 Å². The van der Waals surface area contributed by atoms with Gasteiger partial charge in [-0.3, -0.25) is 0 Å². The molecule has 0 saturated heterocycles. The van der Waals surface area contributed by atoms with Crippen molar-refractivity contribution in [2.75, 3.05) is 0 Å². The van der Waals surface area contributed by atoms with E-state index >= 15 is 0 Å². The van der Waals surface area contributed by atoms with Gasteiger partial charge in [0, 0.05) is 5.02 Å². The summed E-state index contributed by atoms with van der Waals surface area (Å²) < 4.78 is 1.87. The fourth-order valence-electron chi connectivity index (χ4n) is 2.06. The zero-order valence-corrected chi connectivity index (χ0v) is 13.1. The molecule has 2 aromatic carbocycles. The van der Waals surface area contributed by atoms with Gasteiger partial charge in [-0.15, -0.1) is 0 Å². The second kappa shape index (κ2) is 5.45. The molecule has 0 bridgehead atoms. The van der Waals surface area contributed by atoms with Crippen molar-refractivity contribution in [3.05, 3.63) is 62.3 Å². The molecular weight excluding hydrogens is 338 g/mol. The molecule has 0 aliphatic rings. The highest BCUT2D eigenvalue weighted by atomic mass is 35.5. The predicted octanol–water partition coefficient (Wildman–Crippen LogP) is 5.70. The molecule has 0 aliphatic carbocycles. The third-order valence-corrected chi connectivity index (χ3v) is 4.22. The maximum Gasteiger partial charge on any atom is 0.204 e. The molecule has 1 aromatic heterocycles. The summed E-state index contributed by atoms with van der Waals surface area (Å²) in [5.41, 5.74) is 2.58. The lowest BCUT2D eigenvalue weighted by Gasteiger charge is -2.07. The zero-order chi connectivity index (χ0) is 14.3. The first-order valence-corrected chi connectivity index (χ1v) is 7.31. The van der Waals surface area contributed by atoms with Gasteiger partial charge < -0.3 is 4.57 Å². The third-order valence-electron chi connectivity index (χ3n) is 2.97. The summed E-state index contributed by atoms with van der Waals surface area (Å²) in [6.07, 6.45) is 0. The van der Waals surface area contributed by atoms with Gasteiger partial charge in [0.05, 0.1) is 27.6 Å². The predicted molar refractivity (Wildman–Crippen MR) is 85.3 cm³/mol. The van der Waals surface area contributed by atoms with E-state index in [1.54, 1.807) is 12.1 Å². The number of aromatic nitrogens is 2. The molecule has 0 aliphatic heterocycles. The van der Waals surface area contributed by atoms with Crippen molar-refractivity contribution in [2.45, 2.75) is 6.54 Å². The number of halogens is 4. The molecule has 0 amide bonds. The Bertz CT molecular complexity index is 795. The van der Waals surface area contributed by atoms with E-state index in [9.17, 15) is 0 Å². The largest absolute Gasteiger partial charge is 0.310 e. The van der Waals surface area contributed by atoms with Gasteiger partial charge in [0.1, 0.15) is 0 Å². The van der Waals surface area contributed by atoms with Crippen molar-refractivity contribution in [3.63, 3.8) is 0 Å². The fraction of sp³-hybridized carbons (Fsp3) is 0.0714. The topological polar surface area (TPSA) is 17.8 Å². The van der Waals surface area contributed by atoms with E-state index in [1.165, 1.54) is 0 Å². The van der Waals surface area contributed by atoms with Gasteiger partial charge in [-0.2, -0.15) is 0 Å². The zero-order valence-electron chi connectivity index (χ0n) is 10.1. The second-order valence-corrected chi connectivity index (χ2v) is 5.94. The summed E-state index contributed by atoms with van der Waals surface area (Å²) in [4.78, 5) is 4.29. The molecular formula is C14H8Cl4N2. The van der Waals surface area contributed by atoms with E-state index in [-0.39, 0.29) is 0 Å². The average molecular weight is 346 g/mol. The van der Waals surface area contributed by atoms with Crippen LogP contribution in [0.4, 0.5) is 0 Å². The molecule has 0 radical (unpaired) electrons. The van der Waals surface area contributed by atoms with Crippen LogP contribution >= 0.6 is 46.4 Å². The van der Waals surface area contributed by atoms with Crippen LogP contribution in [0.2, 0.25) is 20.4 Å². The van der Waals surface area contributed by atoms with E-state index in [0.29, 0.717) is 32.4 Å². The third kappa shape index (κ3) is 2.61. The maximum atomic E-state index is 6.19. The molecule has 0 saturated carbocycles. The Morgan fingerprint density at radius 2 is 1.70 bits per heavy atom. The normalized spacial score (nSPS) is 11.2. The van der Waals surface area contributed by atoms with Crippen LogP contribution in [0.15, 0.2) is 36.4 Å². The average Bonchev–Trinajstić information content (AvgIpc) is 2.67. The SMILES string of the molecule is Clc1cccc(Cn2c(Cl)nc3cc(Cl)c(Cl)cc32)c1. The highest BCUT2D eigenvalue weighted by Gasteiger charge is 2.12. The van der Waals surface area contributed by atoms with Crippen molar-refractivity contribution in [2.24, 2.45) is 0 Å². The number of hydrogen-bond acceptors (Lipinski definition) is 1. The number of imidazole rings is 1. The summed E-state index contributed by atoms with van der Waals surface area (Å²) >= 11 is 24.2. The summed E-state index contributed by atoms with van der Waals surface area (Å²) in [7, 11) is 0. The molecule has 6 heteroatoms. The number of rotatable bonds is 2. The summed E-state index contributed by atoms with van der Waals surface area (Å²) in [6, 6.07) is 11.1. The molecule has 0 unspecified atom stereocenters. The number of benzene rings is 2. The number of nitrogens with zero attached hydrogens (tertiary/aromatic N) is 2. The first-order valence-electron chi connectivity index (χ1n) is 5.80. The van der Waals surface area contributed by atoms with E-state index in [4.69, 9.17) is 46.4 Å². The van der Waals surface area contributed by atoms with Crippen LogP contribution in [0.25, 0.3) is 11.0 Å². The lowest BCUT2D eigenvalue weighted by atomic mass is 10.2. The summed E-state index contributed by atoms with van der Waals surface area (Å²) in [5.74, 6) is 0. The van der Waals surface area contributed by atoms with Gasteiger partial charge in [-0.05, 0) is 41.4 Å². The first kappa shape index (κ1) is 14.0. The van der Waals surface area contributed by atoms with Crippen LogP contribution in [0.5, 0.6) is 0 Å². The van der Waals surface area contributed by atoms with Crippen molar-refractivity contribution < 1.29 is 0 Å². The molecule has 1 heterocycles. The van der Waals surface area contributed by atoms with Gasteiger partial charge in [0.2, 0.25) is 5.28 Å². The van der Waals surface area contributed by atoms with Gasteiger partial charge >= 0.3 is 0 Å². The molecule has 0 N–H and O–H groups in total. The Balaban J connectivity index is 2.11. The number of fused-ring (bicyclic) bond motifs is 1. The van der Waals surface area contributed by atoms with Crippen molar-refractivity contribution >= 4 is 57.4 Å². The molecule has 20 heavy (non-hydrogen) atoms. The van der Waals surface area contributed by atoms with Crippen LogP contribution < -0.4 is 0 Å². The standard InChI is InChI=1S/C14H8Cl4N2/c15-9-3-1-2-8(4-9)7-20-13-6-11(17)10(16)5-12(13)19-14(20)18/h1-6H,7H2. The van der Waals surface area contributed by atoms with E-state index in [1.807, 2.05) is 28.8 Å². The molecule has 102 valence electrons. The van der Waals surface area contributed by atoms with E-state index in [2.05, 4.69) is 4.98 Å². The van der Waals surface area contributed by atoms with Gasteiger partial charge in [0.15, 0.2) is 0 Å². The minimum Gasteiger partial charge on any atom is -0.310 e. The minimum atomic E-state index is 0.387. The van der Waals surface area contributed by atoms with E-state index < -0.39 is 0 Å². The molecule has 3 rings (SSSR count). The highest BCUT2D eigenvalue weighted by molar-refractivity contribution is 6.42. The van der Waals surface area contributed by atoms with Gasteiger partial charge in [-0.25, -0.2) is 4.98 Å². The Labute approximate surface area is 135 Å². The summed E-state index contributed by atoms with van der Waals surface area (Å²) in [6.45, 7) is 0.563. The maximum absolute atomic E-state index is 6.19. The van der Waals surface area contributed by atoms with E-state index in [0.717, 1.165) is 11.1 Å². The molecule has 0 spiro atoms. The van der Waals surface area contributed by atoms with Crippen molar-refractivity contribution in [1.29, 1.82) is 0 Å².